The quantitative estimate of drug-likeness (QED) is 0.185. The fourth-order valence-corrected chi connectivity index (χ4v) is 6.43. The van der Waals surface area contributed by atoms with Gasteiger partial charge in [0.1, 0.15) is 23.3 Å². The molecule has 4 atom stereocenters. The first-order valence-corrected chi connectivity index (χ1v) is 14.5. The van der Waals surface area contributed by atoms with Crippen LogP contribution in [0.3, 0.4) is 0 Å². The predicted octanol–water partition coefficient (Wildman–Crippen LogP) is 2.81. The molecule has 3 aromatic rings. The largest absolute Gasteiger partial charge is 0.481 e. The van der Waals surface area contributed by atoms with E-state index in [1.54, 1.807) is 6.07 Å². The van der Waals surface area contributed by atoms with Crippen molar-refractivity contribution >= 4 is 25.2 Å². The van der Waals surface area contributed by atoms with Crippen molar-refractivity contribution in [3.8, 4) is 11.3 Å². The van der Waals surface area contributed by atoms with Gasteiger partial charge in [0.2, 0.25) is 19.2 Å². The van der Waals surface area contributed by atoms with Crippen LogP contribution in [0.15, 0.2) is 53.4 Å². The number of H-pyrrole nitrogens is 1. The monoisotopic (exact) mass is 559 g/mol. The molecule has 0 radical (unpaired) electrons. The third kappa shape index (κ3) is 8.90. The summed E-state index contributed by atoms with van der Waals surface area (Å²) in [5.41, 5.74) is 1.90. The minimum absolute atomic E-state index is 0.0858. The molecule has 13 heteroatoms. The highest BCUT2D eigenvalue weighted by atomic mass is 31.2. The second kappa shape index (κ2) is 13.3. The molecule has 2 unspecified atom stereocenters. The summed E-state index contributed by atoms with van der Waals surface area (Å²) < 4.78 is 18.9. The summed E-state index contributed by atoms with van der Waals surface area (Å²) in [5.74, 6) is -4.69. The molecule has 0 fully saturated rings. The first-order chi connectivity index (χ1) is 18.4. The van der Waals surface area contributed by atoms with Crippen molar-refractivity contribution in [2.45, 2.75) is 51.9 Å². The van der Waals surface area contributed by atoms with Gasteiger partial charge in [-0.3, -0.25) is 18.9 Å². The molecule has 39 heavy (non-hydrogen) atoms. The molecule has 0 spiro atoms. The van der Waals surface area contributed by atoms with Crippen molar-refractivity contribution in [1.82, 2.24) is 25.8 Å². The van der Waals surface area contributed by atoms with Crippen LogP contribution in [-0.2, 0) is 31.8 Å². The number of hydrogen-bond acceptors (Lipinski definition) is 7. The van der Waals surface area contributed by atoms with E-state index in [4.69, 9.17) is 4.52 Å². The van der Waals surface area contributed by atoms with Crippen LogP contribution in [0.5, 0.6) is 0 Å². The van der Waals surface area contributed by atoms with Gasteiger partial charge < -0.3 is 30.1 Å². The number of rotatable bonds is 14. The lowest BCUT2D eigenvalue weighted by molar-refractivity contribution is -0.141. The molecule has 5 N–H and O–H groups in total. The van der Waals surface area contributed by atoms with Crippen LogP contribution in [-0.4, -0.2) is 60.9 Å². The molecule has 0 saturated carbocycles. The summed E-state index contributed by atoms with van der Waals surface area (Å²) in [6.07, 6.45) is 2.41. The van der Waals surface area contributed by atoms with Gasteiger partial charge in [-0.25, -0.2) is 4.98 Å². The Labute approximate surface area is 226 Å². The van der Waals surface area contributed by atoms with Gasteiger partial charge in [-0.2, -0.15) is 0 Å². The highest BCUT2D eigenvalue weighted by molar-refractivity contribution is 7.58. The number of aliphatic carboxylic acids is 1. The third-order valence-corrected chi connectivity index (χ3v) is 8.35. The van der Waals surface area contributed by atoms with E-state index in [1.807, 2.05) is 44.2 Å². The molecular weight excluding hydrogens is 525 g/mol. The highest BCUT2D eigenvalue weighted by Gasteiger charge is 2.39. The Bertz CT molecular complexity index is 1290. The number of nitrogens with zero attached hydrogens (tertiary/aromatic N) is 2. The minimum atomic E-state index is -4.26. The van der Waals surface area contributed by atoms with Crippen molar-refractivity contribution in [2.24, 2.45) is 11.8 Å². The van der Waals surface area contributed by atoms with Crippen LogP contribution in [0, 0.1) is 11.8 Å². The van der Waals surface area contributed by atoms with Gasteiger partial charge >= 0.3 is 5.97 Å². The SMILES string of the molecule is CC(=O)N[C@@H](Cc1cnc[nH]1)C(=O)N[C@H](CC(C)C)P(=O)(O)CC(Cc1cc(-c2ccccc2)no1)C(=O)O. The molecule has 0 aliphatic carbocycles. The predicted molar refractivity (Wildman–Crippen MR) is 143 cm³/mol. The summed E-state index contributed by atoms with van der Waals surface area (Å²) in [5, 5.41) is 19.0. The Hall–Kier alpha value is -3.76. The zero-order chi connectivity index (χ0) is 28.6. The zero-order valence-electron chi connectivity index (χ0n) is 22.0. The average Bonchev–Trinajstić information content (AvgIpc) is 3.55. The van der Waals surface area contributed by atoms with Crippen molar-refractivity contribution in [3.05, 3.63) is 60.4 Å². The molecule has 3 rings (SSSR count). The molecule has 0 aliphatic rings. The molecule has 1 aromatic carbocycles. The van der Waals surface area contributed by atoms with Crippen molar-refractivity contribution < 1.29 is 33.5 Å². The molecule has 12 nitrogen and oxygen atoms in total. The van der Waals surface area contributed by atoms with E-state index in [1.165, 1.54) is 19.4 Å². The van der Waals surface area contributed by atoms with Crippen LogP contribution in [0.25, 0.3) is 11.3 Å². The molecule has 0 saturated heterocycles. The van der Waals surface area contributed by atoms with Crippen LogP contribution in [0.2, 0.25) is 0 Å². The maximum atomic E-state index is 13.6. The second-order valence-electron chi connectivity index (χ2n) is 9.91. The summed E-state index contributed by atoms with van der Waals surface area (Å²) in [7, 11) is -4.26. The van der Waals surface area contributed by atoms with Crippen molar-refractivity contribution in [2.75, 3.05) is 6.16 Å². The normalized spacial score (nSPS) is 15.2. The molecule has 0 bridgehead atoms. The summed E-state index contributed by atoms with van der Waals surface area (Å²) >= 11 is 0. The van der Waals surface area contributed by atoms with Gasteiger partial charge in [-0.1, -0.05) is 49.3 Å². The van der Waals surface area contributed by atoms with Gasteiger partial charge in [-0.05, 0) is 12.3 Å². The lowest BCUT2D eigenvalue weighted by Gasteiger charge is -2.29. The van der Waals surface area contributed by atoms with E-state index in [0.717, 1.165) is 5.56 Å². The Morgan fingerprint density at radius 3 is 2.44 bits per heavy atom. The fourth-order valence-electron chi connectivity index (χ4n) is 4.18. The number of benzene rings is 1. The Morgan fingerprint density at radius 1 is 1.13 bits per heavy atom. The average molecular weight is 560 g/mol. The minimum Gasteiger partial charge on any atom is -0.481 e. The third-order valence-electron chi connectivity index (χ3n) is 6.07. The van der Waals surface area contributed by atoms with Crippen LogP contribution < -0.4 is 10.6 Å². The summed E-state index contributed by atoms with van der Waals surface area (Å²) in [6, 6.07) is 9.76. The number of carbonyl (C=O) groups excluding carboxylic acids is 2. The standard InChI is InChI=1S/C26H34N5O7P/c1-16(2)9-24(30-25(33)23(29-17(3)32)11-20-13-27-15-28-20)39(36,37)14-19(26(34)35)10-21-12-22(31-38-21)18-7-5-4-6-8-18/h4-8,12-13,15-16,19,23-24H,9-11,14H2,1-3H3,(H,27,28)(H,29,32)(H,30,33)(H,34,35)(H,36,37)/t19?,23-,24-/m0/s1. The fraction of sp³-hybridized carbons (Fsp3) is 0.423. The van der Waals surface area contributed by atoms with E-state index in [2.05, 4.69) is 25.8 Å². The maximum absolute atomic E-state index is 13.6. The summed E-state index contributed by atoms with van der Waals surface area (Å²) in [4.78, 5) is 54.9. The van der Waals surface area contributed by atoms with E-state index in [0.29, 0.717) is 11.4 Å². The second-order valence-corrected chi connectivity index (χ2v) is 12.4. The van der Waals surface area contributed by atoms with Crippen LogP contribution in [0.1, 0.15) is 38.6 Å². The van der Waals surface area contributed by atoms with Crippen LogP contribution in [0.4, 0.5) is 0 Å². The van der Waals surface area contributed by atoms with E-state index >= 15 is 0 Å². The lowest BCUT2D eigenvalue weighted by atomic mass is 10.1. The Morgan fingerprint density at radius 2 is 1.85 bits per heavy atom. The number of carbonyl (C=O) groups is 3. The van der Waals surface area contributed by atoms with Gasteiger partial charge in [0.05, 0.1) is 12.2 Å². The number of aromatic amines is 1. The maximum Gasteiger partial charge on any atom is 0.307 e. The Balaban J connectivity index is 1.76. The molecule has 2 heterocycles. The van der Waals surface area contributed by atoms with Gasteiger partial charge in [-0.15, -0.1) is 0 Å². The first-order valence-electron chi connectivity index (χ1n) is 12.5. The zero-order valence-corrected chi connectivity index (χ0v) is 22.9. The Kier molecular flexibility index (Phi) is 10.2. The number of carboxylic acid groups (broad SMARTS) is 1. The number of carboxylic acids is 1. The van der Waals surface area contributed by atoms with E-state index < -0.39 is 49.1 Å². The van der Waals surface area contributed by atoms with E-state index in [9.17, 15) is 28.9 Å². The number of imidazole rings is 1. The molecule has 2 aromatic heterocycles. The van der Waals surface area contributed by atoms with Crippen molar-refractivity contribution in [3.63, 3.8) is 0 Å². The molecule has 210 valence electrons. The number of nitrogens with one attached hydrogen (secondary N) is 3. The van der Waals surface area contributed by atoms with E-state index in [-0.39, 0.29) is 30.9 Å². The van der Waals surface area contributed by atoms with Gasteiger partial charge in [0.15, 0.2) is 0 Å². The van der Waals surface area contributed by atoms with Gasteiger partial charge in [0.25, 0.3) is 0 Å². The molecular formula is C26H34N5O7P. The topological polar surface area (TPSA) is 188 Å². The number of hydrogen-bond donors (Lipinski definition) is 5. The highest BCUT2D eigenvalue weighted by Crippen LogP contribution is 2.49. The molecule has 2 amide bonds. The van der Waals surface area contributed by atoms with Crippen molar-refractivity contribution in [1.29, 1.82) is 0 Å². The number of aromatic nitrogens is 3. The van der Waals surface area contributed by atoms with Crippen LogP contribution >= 0.6 is 7.37 Å². The molecule has 0 aliphatic heterocycles. The van der Waals surface area contributed by atoms with Gasteiger partial charge in [0, 0.05) is 49.4 Å². The lowest BCUT2D eigenvalue weighted by Crippen LogP contribution is -2.50. The summed E-state index contributed by atoms with van der Waals surface area (Å²) in [6.45, 7) is 4.91. The number of amides is 2. The smallest absolute Gasteiger partial charge is 0.307 e. The first kappa shape index (κ1) is 29.8.